The summed E-state index contributed by atoms with van der Waals surface area (Å²) < 4.78 is 49.4. The van der Waals surface area contributed by atoms with Gasteiger partial charge in [0.15, 0.2) is 0 Å². The highest BCUT2D eigenvalue weighted by Crippen LogP contribution is 2.23. The molecule has 0 unspecified atom stereocenters. The maximum absolute atomic E-state index is 12.5. The zero-order chi connectivity index (χ0) is 14.8. The smallest absolute Gasteiger partial charge is 0.217 e. The molecule has 0 bridgehead atoms. The first kappa shape index (κ1) is 16.7. The summed E-state index contributed by atoms with van der Waals surface area (Å²) in [5, 5.41) is 0.369. The molecule has 0 atom stereocenters. The Hall–Kier alpha value is 0.300. The van der Waals surface area contributed by atoms with Crippen molar-refractivity contribution in [1.29, 1.82) is 0 Å². The fourth-order valence-electron chi connectivity index (χ4n) is 2.70. The van der Waals surface area contributed by atoms with Crippen LogP contribution in [0.5, 0.6) is 0 Å². The quantitative estimate of drug-likeness (QED) is 0.628. The van der Waals surface area contributed by atoms with Crippen molar-refractivity contribution in [2.45, 2.75) is 18.1 Å². The van der Waals surface area contributed by atoms with Crippen LogP contribution in [0.4, 0.5) is 0 Å². The Kier molecular flexibility index (Phi) is 5.50. The van der Waals surface area contributed by atoms with Gasteiger partial charge in [0.25, 0.3) is 0 Å². The summed E-state index contributed by atoms with van der Waals surface area (Å²) >= 11 is 3.38. The van der Waals surface area contributed by atoms with Gasteiger partial charge < -0.3 is 0 Å². The summed E-state index contributed by atoms with van der Waals surface area (Å²) in [6, 6.07) is 0. The third-order valence-electron chi connectivity index (χ3n) is 4.01. The lowest BCUT2D eigenvalue weighted by Crippen LogP contribution is -2.52. The van der Waals surface area contributed by atoms with Gasteiger partial charge in [0.1, 0.15) is 9.84 Å². The number of piperazine rings is 1. The van der Waals surface area contributed by atoms with Crippen molar-refractivity contribution in [1.82, 2.24) is 9.21 Å². The van der Waals surface area contributed by atoms with Crippen LogP contribution in [0, 0.1) is 0 Å². The van der Waals surface area contributed by atoms with E-state index in [1.807, 2.05) is 0 Å². The van der Waals surface area contributed by atoms with Crippen LogP contribution in [0.3, 0.4) is 0 Å². The van der Waals surface area contributed by atoms with Gasteiger partial charge in [-0.1, -0.05) is 15.9 Å². The highest BCUT2D eigenvalue weighted by atomic mass is 79.9. The number of sulfone groups is 1. The summed E-state index contributed by atoms with van der Waals surface area (Å²) in [6.07, 6.45) is 0.485. The van der Waals surface area contributed by atoms with Crippen LogP contribution in [0.25, 0.3) is 0 Å². The second-order valence-corrected chi connectivity index (χ2v) is 10.6. The van der Waals surface area contributed by atoms with Crippen LogP contribution in [0.1, 0.15) is 12.8 Å². The second-order valence-electron chi connectivity index (χ2n) is 5.33. The Labute approximate surface area is 129 Å². The minimum absolute atomic E-state index is 0.000445. The van der Waals surface area contributed by atoms with E-state index < -0.39 is 25.1 Å². The van der Waals surface area contributed by atoms with Crippen molar-refractivity contribution < 1.29 is 16.8 Å². The van der Waals surface area contributed by atoms with Crippen molar-refractivity contribution in [3.05, 3.63) is 0 Å². The summed E-state index contributed by atoms with van der Waals surface area (Å²) in [6.45, 7) is 3.44. The largest absolute Gasteiger partial charge is 0.300 e. The molecule has 0 aromatic rings. The molecule has 20 heavy (non-hydrogen) atoms. The minimum Gasteiger partial charge on any atom is -0.300 e. The number of hydrogen-bond donors (Lipinski definition) is 0. The molecule has 0 amide bonds. The predicted octanol–water partition coefficient (Wildman–Crippen LogP) is -0.0941. The lowest BCUT2D eigenvalue weighted by Gasteiger charge is -2.36. The van der Waals surface area contributed by atoms with Gasteiger partial charge in [-0.25, -0.2) is 16.8 Å². The number of sulfonamides is 1. The van der Waals surface area contributed by atoms with Gasteiger partial charge in [0.05, 0.1) is 16.8 Å². The molecule has 0 aliphatic carbocycles. The topological polar surface area (TPSA) is 74.8 Å². The van der Waals surface area contributed by atoms with Crippen molar-refractivity contribution in [3.8, 4) is 0 Å². The molecule has 2 aliphatic rings. The standard InChI is InChI=1S/C11H21BrN2O4S2/c12-3-4-13-5-7-14(8-6-13)20(17,18)11-1-9-19(15,16)10-2-11/h11H,1-10H2. The molecule has 2 aliphatic heterocycles. The van der Waals surface area contributed by atoms with E-state index in [1.165, 1.54) is 0 Å². The molecule has 0 aromatic heterocycles. The molecule has 6 nitrogen and oxygen atoms in total. The Morgan fingerprint density at radius 2 is 1.60 bits per heavy atom. The third kappa shape index (κ3) is 3.94. The third-order valence-corrected chi connectivity index (χ3v) is 8.48. The van der Waals surface area contributed by atoms with Crippen LogP contribution in [-0.2, 0) is 19.9 Å². The van der Waals surface area contributed by atoms with Crippen molar-refractivity contribution in [2.24, 2.45) is 0 Å². The summed E-state index contributed by atoms with van der Waals surface area (Å²) in [7, 11) is -6.36. The van der Waals surface area contributed by atoms with Gasteiger partial charge >= 0.3 is 0 Å². The molecular weight excluding hydrogens is 368 g/mol. The van der Waals surface area contributed by atoms with E-state index in [4.69, 9.17) is 0 Å². The van der Waals surface area contributed by atoms with Crippen LogP contribution < -0.4 is 0 Å². The van der Waals surface area contributed by atoms with Crippen molar-refractivity contribution in [3.63, 3.8) is 0 Å². The summed E-state index contributed by atoms with van der Waals surface area (Å²) in [5.41, 5.74) is 0. The first-order valence-electron chi connectivity index (χ1n) is 6.83. The number of nitrogens with zero attached hydrogens (tertiary/aromatic N) is 2. The first-order chi connectivity index (χ1) is 9.35. The monoisotopic (exact) mass is 388 g/mol. The van der Waals surface area contributed by atoms with E-state index in [9.17, 15) is 16.8 Å². The highest BCUT2D eigenvalue weighted by Gasteiger charge is 2.37. The van der Waals surface area contributed by atoms with Crippen LogP contribution in [-0.4, -0.2) is 80.9 Å². The maximum atomic E-state index is 12.5. The van der Waals surface area contributed by atoms with E-state index in [0.717, 1.165) is 25.0 Å². The summed E-state index contributed by atoms with van der Waals surface area (Å²) in [5.74, 6) is 0.000890. The number of hydrogen-bond acceptors (Lipinski definition) is 5. The lowest BCUT2D eigenvalue weighted by atomic mass is 10.2. The normalized spacial score (nSPS) is 26.6. The predicted molar refractivity (Wildman–Crippen MR) is 82.4 cm³/mol. The van der Waals surface area contributed by atoms with Crippen LogP contribution >= 0.6 is 15.9 Å². The molecule has 2 saturated heterocycles. The van der Waals surface area contributed by atoms with Crippen molar-refractivity contribution in [2.75, 3.05) is 49.6 Å². The average Bonchev–Trinajstić information content (AvgIpc) is 2.39. The van der Waals surface area contributed by atoms with E-state index in [-0.39, 0.29) is 24.3 Å². The first-order valence-corrected chi connectivity index (χ1v) is 11.3. The Bertz CT molecular complexity index is 513. The maximum Gasteiger partial charge on any atom is 0.217 e. The summed E-state index contributed by atoms with van der Waals surface area (Å²) in [4.78, 5) is 2.23. The van der Waals surface area contributed by atoms with Gasteiger partial charge in [-0.3, -0.25) is 4.90 Å². The molecule has 0 saturated carbocycles. The fourth-order valence-corrected chi connectivity index (χ4v) is 6.92. The molecule has 0 radical (unpaired) electrons. The molecule has 9 heteroatoms. The Balaban J connectivity index is 1.95. The Morgan fingerprint density at radius 1 is 1.05 bits per heavy atom. The van der Waals surface area contributed by atoms with Gasteiger partial charge in [0, 0.05) is 38.1 Å². The minimum atomic E-state index is -3.34. The van der Waals surface area contributed by atoms with Crippen molar-refractivity contribution >= 4 is 35.8 Å². The van der Waals surface area contributed by atoms with E-state index in [2.05, 4.69) is 20.8 Å². The fraction of sp³-hybridized carbons (Fsp3) is 1.00. The number of alkyl halides is 1. The number of rotatable bonds is 4. The molecule has 118 valence electrons. The molecule has 2 rings (SSSR count). The molecular formula is C11H21BrN2O4S2. The van der Waals surface area contributed by atoms with E-state index >= 15 is 0 Å². The van der Waals surface area contributed by atoms with Crippen LogP contribution in [0.15, 0.2) is 0 Å². The zero-order valence-corrected chi connectivity index (χ0v) is 14.6. The lowest BCUT2D eigenvalue weighted by molar-refractivity contribution is 0.197. The highest BCUT2D eigenvalue weighted by molar-refractivity contribution is 9.09. The molecule has 0 N–H and O–H groups in total. The molecule has 2 heterocycles. The molecule has 0 spiro atoms. The van der Waals surface area contributed by atoms with Gasteiger partial charge in [0.2, 0.25) is 10.0 Å². The van der Waals surface area contributed by atoms with E-state index in [1.54, 1.807) is 4.31 Å². The molecule has 2 fully saturated rings. The molecule has 0 aromatic carbocycles. The van der Waals surface area contributed by atoms with Gasteiger partial charge in [-0.05, 0) is 12.8 Å². The number of halogens is 1. The van der Waals surface area contributed by atoms with Gasteiger partial charge in [-0.15, -0.1) is 0 Å². The second kappa shape index (κ2) is 6.60. The van der Waals surface area contributed by atoms with Gasteiger partial charge in [-0.2, -0.15) is 4.31 Å². The zero-order valence-electron chi connectivity index (χ0n) is 11.4. The SMILES string of the molecule is O=S1(=O)CCC(S(=O)(=O)N2CCN(CCBr)CC2)CC1. The average molecular weight is 389 g/mol. The van der Waals surface area contributed by atoms with E-state index in [0.29, 0.717) is 13.1 Å². The van der Waals surface area contributed by atoms with Crippen LogP contribution in [0.2, 0.25) is 0 Å². The Morgan fingerprint density at radius 3 is 2.10 bits per heavy atom.